The van der Waals surface area contributed by atoms with Gasteiger partial charge in [0.1, 0.15) is 5.76 Å². The normalized spacial score (nSPS) is 10.5. The molecule has 62 valence electrons. The summed E-state index contributed by atoms with van der Waals surface area (Å²) in [6, 6.07) is 0.484. The number of aryl methyl sites for hydroxylation is 1. The van der Waals surface area contributed by atoms with Gasteiger partial charge in [-0.3, -0.25) is 0 Å². The van der Waals surface area contributed by atoms with Gasteiger partial charge in [-0.25, -0.2) is 0 Å². The van der Waals surface area contributed by atoms with Gasteiger partial charge in [0.15, 0.2) is 0 Å². The molecule has 2 aromatic heterocycles. The predicted octanol–water partition coefficient (Wildman–Crippen LogP) is 1.93. The van der Waals surface area contributed by atoms with Crippen LogP contribution in [0.4, 0.5) is 0 Å². The minimum atomic E-state index is 0.484. The Labute approximate surface area is 77.3 Å². The van der Waals surface area contributed by atoms with E-state index in [2.05, 4.69) is 26.0 Å². The molecule has 0 amide bonds. The van der Waals surface area contributed by atoms with Crippen molar-refractivity contribution in [1.82, 2.24) is 14.8 Å². The highest BCUT2D eigenvalue weighted by Crippen LogP contribution is 2.11. The number of oxazole rings is 1. The van der Waals surface area contributed by atoms with Crippen LogP contribution in [0.3, 0.4) is 0 Å². The molecule has 0 N–H and O–H groups in total. The van der Waals surface area contributed by atoms with Gasteiger partial charge in [-0.05, 0) is 22.9 Å². The summed E-state index contributed by atoms with van der Waals surface area (Å²) in [7, 11) is 0. The maximum Gasteiger partial charge on any atom is 0.322 e. The Morgan fingerprint density at radius 3 is 2.83 bits per heavy atom. The predicted molar refractivity (Wildman–Crippen MR) is 46.1 cm³/mol. The quantitative estimate of drug-likeness (QED) is 0.748. The molecule has 4 nitrogen and oxygen atoms in total. The summed E-state index contributed by atoms with van der Waals surface area (Å²) in [5.74, 6) is 0.775. The molecule has 12 heavy (non-hydrogen) atoms. The van der Waals surface area contributed by atoms with E-state index in [1.165, 1.54) is 0 Å². The number of halogens is 1. The summed E-state index contributed by atoms with van der Waals surface area (Å²) < 4.78 is 7.72. The minimum Gasteiger partial charge on any atom is -0.427 e. The fourth-order valence-electron chi connectivity index (χ4n) is 0.854. The first-order valence-electron chi connectivity index (χ1n) is 3.39. The highest BCUT2D eigenvalue weighted by Gasteiger charge is 2.03. The number of hydrogen-bond acceptors (Lipinski definition) is 3. The highest BCUT2D eigenvalue weighted by atomic mass is 79.9. The lowest BCUT2D eigenvalue weighted by atomic mass is 10.6. The Hall–Kier alpha value is -1.10. The van der Waals surface area contributed by atoms with Crippen molar-refractivity contribution in [3.63, 3.8) is 0 Å². The van der Waals surface area contributed by atoms with Gasteiger partial charge in [0.2, 0.25) is 0 Å². The molecule has 0 spiro atoms. The largest absolute Gasteiger partial charge is 0.427 e. The van der Waals surface area contributed by atoms with E-state index < -0.39 is 0 Å². The van der Waals surface area contributed by atoms with E-state index in [0.29, 0.717) is 6.01 Å². The molecule has 0 saturated heterocycles. The van der Waals surface area contributed by atoms with Gasteiger partial charge in [0, 0.05) is 6.20 Å². The molecule has 2 aromatic rings. The molecule has 0 bridgehead atoms. The zero-order valence-corrected chi connectivity index (χ0v) is 7.95. The van der Waals surface area contributed by atoms with E-state index in [-0.39, 0.29) is 0 Å². The molecule has 0 aliphatic heterocycles. The van der Waals surface area contributed by atoms with Crippen molar-refractivity contribution in [1.29, 1.82) is 0 Å². The second-order valence-corrected chi connectivity index (χ2v) is 3.27. The first kappa shape index (κ1) is 7.54. The molecular formula is C7H6BrN3O. The van der Waals surface area contributed by atoms with Crippen molar-refractivity contribution in [2.45, 2.75) is 6.92 Å². The Morgan fingerprint density at radius 1 is 1.50 bits per heavy atom. The van der Waals surface area contributed by atoms with E-state index in [4.69, 9.17) is 4.42 Å². The molecule has 0 unspecified atom stereocenters. The van der Waals surface area contributed by atoms with Crippen LogP contribution in [0.2, 0.25) is 0 Å². The fourth-order valence-corrected chi connectivity index (χ4v) is 1.14. The molecule has 0 aliphatic carbocycles. The molecule has 0 saturated carbocycles. The number of nitrogens with zero attached hydrogens (tertiary/aromatic N) is 3. The summed E-state index contributed by atoms with van der Waals surface area (Å²) >= 11 is 3.28. The number of aromatic nitrogens is 3. The monoisotopic (exact) mass is 227 g/mol. The molecule has 2 heterocycles. The van der Waals surface area contributed by atoms with Crippen molar-refractivity contribution < 1.29 is 4.42 Å². The van der Waals surface area contributed by atoms with Gasteiger partial charge < -0.3 is 4.42 Å². The highest BCUT2D eigenvalue weighted by molar-refractivity contribution is 9.10. The Morgan fingerprint density at radius 2 is 2.33 bits per heavy atom. The smallest absolute Gasteiger partial charge is 0.322 e. The molecule has 0 fully saturated rings. The second kappa shape index (κ2) is 2.75. The van der Waals surface area contributed by atoms with Gasteiger partial charge in [-0.15, -0.1) is 0 Å². The lowest BCUT2D eigenvalue weighted by Gasteiger charge is -1.90. The molecule has 5 heteroatoms. The van der Waals surface area contributed by atoms with Crippen molar-refractivity contribution in [2.75, 3.05) is 0 Å². The minimum absolute atomic E-state index is 0.484. The van der Waals surface area contributed by atoms with Gasteiger partial charge >= 0.3 is 6.01 Å². The molecule has 0 radical (unpaired) electrons. The Kier molecular flexibility index (Phi) is 1.73. The summed E-state index contributed by atoms with van der Waals surface area (Å²) in [5, 5.41) is 4.01. The van der Waals surface area contributed by atoms with Crippen LogP contribution in [0.1, 0.15) is 5.76 Å². The second-order valence-electron chi connectivity index (χ2n) is 2.36. The van der Waals surface area contributed by atoms with Crippen molar-refractivity contribution in [3.8, 4) is 6.01 Å². The third-order valence-electron chi connectivity index (χ3n) is 1.36. The van der Waals surface area contributed by atoms with Gasteiger partial charge in [-0.1, -0.05) is 0 Å². The molecule has 0 aromatic carbocycles. The van der Waals surface area contributed by atoms with Crippen LogP contribution in [-0.4, -0.2) is 14.8 Å². The number of hydrogen-bond donors (Lipinski definition) is 0. The summed E-state index contributed by atoms with van der Waals surface area (Å²) in [6.45, 7) is 1.84. The summed E-state index contributed by atoms with van der Waals surface area (Å²) in [5.41, 5.74) is 0. The van der Waals surface area contributed by atoms with E-state index >= 15 is 0 Å². The van der Waals surface area contributed by atoms with Crippen LogP contribution < -0.4 is 0 Å². The first-order chi connectivity index (χ1) is 5.75. The third kappa shape index (κ3) is 1.27. The topological polar surface area (TPSA) is 43.9 Å². The van der Waals surface area contributed by atoms with Crippen LogP contribution >= 0.6 is 15.9 Å². The Bertz CT molecular complexity index is 355. The fraction of sp³-hybridized carbons (Fsp3) is 0.143. The molecule has 2 rings (SSSR count). The average Bonchev–Trinajstić information content (AvgIpc) is 2.58. The maximum atomic E-state index is 5.25. The van der Waals surface area contributed by atoms with Crippen LogP contribution in [0.25, 0.3) is 6.01 Å². The van der Waals surface area contributed by atoms with E-state index in [0.717, 1.165) is 10.2 Å². The number of rotatable bonds is 1. The SMILES string of the molecule is Cc1cnc(-n2cc(Br)cn2)o1. The zero-order valence-electron chi connectivity index (χ0n) is 6.36. The standard InChI is InChI=1S/C7H6BrN3O/c1-5-2-9-7(12-5)11-4-6(8)3-10-11/h2-4H,1H3. The average molecular weight is 228 g/mol. The van der Waals surface area contributed by atoms with Gasteiger partial charge in [-0.2, -0.15) is 14.8 Å². The van der Waals surface area contributed by atoms with E-state index in [9.17, 15) is 0 Å². The Balaban J connectivity index is 2.43. The third-order valence-corrected chi connectivity index (χ3v) is 1.77. The van der Waals surface area contributed by atoms with Crippen LogP contribution in [0.5, 0.6) is 0 Å². The van der Waals surface area contributed by atoms with Crippen molar-refractivity contribution >= 4 is 15.9 Å². The summed E-state index contributed by atoms with van der Waals surface area (Å²) in [6.07, 6.45) is 5.12. The lowest BCUT2D eigenvalue weighted by molar-refractivity contribution is 0.486. The molecule has 0 aliphatic rings. The van der Waals surface area contributed by atoms with Crippen molar-refractivity contribution in [2.24, 2.45) is 0 Å². The lowest BCUT2D eigenvalue weighted by Crippen LogP contribution is -1.92. The molecular weight excluding hydrogens is 222 g/mol. The van der Waals surface area contributed by atoms with Gasteiger partial charge in [0.05, 0.1) is 16.9 Å². The van der Waals surface area contributed by atoms with Crippen LogP contribution in [-0.2, 0) is 0 Å². The van der Waals surface area contributed by atoms with E-state index in [1.807, 2.05) is 6.92 Å². The van der Waals surface area contributed by atoms with Crippen LogP contribution in [0, 0.1) is 6.92 Å². The molecule has 0 atom stereocenters. The van der Waals surface area contributed by atoms with Crippen molar-refractivity contribution in [3.05, 3.63) is 28.8 Å². The van der Waals surface area contributed by atoms with Gasteiger partial charge in [0.25, 0.3) is 0 Å². The maximum absolute atomic E-state index is 5.25. The van der Waals surface area contributed by atoms with Crippen LogP contribution in [0.15, 0.2) is 27.5 Å². The summed E-state index contributed by atoms with van der Waals surface area (Å²) in [4.78, 5) is 4.01. The zero-order chi connectivity index (χ0) is 8.55. The van der Waals surface area contributed by atoms with E-state index in [1.54, 1.807) is 23.3 Å². The first-order valence-corrected chi connectivity index (χ1v) is 4.18.